The molecule has 0 saturated carbocycles. The van der Waals surface area contributed by atoms with E-state index >= 15 is 0 Å². The first-order valence-electron chi connectivity index (χ1n) is 7.93. The van der Waals surface area contributed by atoms with Gasteiger partial charge in [0.25, 0.3) is 0 Å². The minimum absolute atomic E-state index is 0.147. The molecule has 0 aliphatic heterocycles. The molecule has 2 rings (SSSR count). The number of alkyl halides is 3. The molecule has 0 saturated heterocycles. The van der Waals surface area contributed by atoms with E-state index in [-0.39, 0.29) is 11.6 Å². The van der Waals surface area contributed by atoms with Gasteiger partial charge in [-0.15, -0.1) is 13.2 Å². The Kier molecular flexibility index (Phi) is 6.27. The minimum atomic E-state index is -4.81. The number of nitrogens with one attached hydrogen (secondary N) is 3. The highest BCUT2D eigenvalue weighted by atomic mass is 19.4. The van der Waals surface area contributed by atoms with Gasteiger partial charge < -0.3 is 20.7 Å². The molecule has 0 aliphatic rings. The Hall–Kier alpha value is -3.23. The second kappa shape index (κ2) is 8.43. The lowest BCUT2D eigenvalue weighted by Crippen LogP contribution is -2.31. The zero-order chi connectivity index (χ0) is 20.0. The second-order valence-electron chi connectivity index (χ2n) is 5.70. The molecular weight excluding hydrogens is 363 g/mol. The van der Waals surface area contributed by atoms with Crippen LogP contribution in [0.25, 0.3) is 0 Å². The lowest BCUT2D eigenvalue weighted by atomic mass is 10.1. The normalized spacial score (nSPS) is 12.0. The summed E-state index contributed by atoms with van der Waals surface area (Å²) in [7, 11) is 0. The van der Waals surface area contributed by atoms with Gasteiger partial charge in [0.05, 0.1) is 6.04 Å². The molecule has 6 nitrogen and oxygen atoms in total. The van der Waals surface area contributed by atoms with Crippen LogP contribution < -0.4 is 20.7 Å². The van der Waals surface area contributed by atoms with Crippen LogP contribution in [0.3, 0.4) is 0 Å². The first kappa shape index (κ1) is 20.1. The molecule has 27 heavy (non-hydrogen) atoms. The smallest absolute Gasteiger partial charge is 0.406 e. The third-order valence-corrected chi connectivity index (χ3v) is 3.38. The van der Waals surface area contributed by atoms with Crippen molar-refractivity contribution in [2.75, 3.05) is 10.6 Å². The average molecular weight is 381 g/mol. The lowest BCUT2D eigenvalue weighted by Gasteiger charge is -2.16. The molecule has 0 heterocycles. The van der Waals surface area contributed by atoms with Gasteiger partial charge in [0.15, 0.2) is 0 Å². The maximum atomic E-state index is 12.3. The fourth-order valence-corrected chi connectivity index (χ4v) is 2.31. The van der Waals surface area contributed by atoms with Crippen molar-refractivity contribution in [1.29, 1.82) is 0 Å². The number of anilines is 2. The highest BCUT2D eigenvalue weighted by Gasteiger charge is 2.31. The summed E-state index contributed by atoms with van der Waals surface area (Å²) in [6, 6.07) is 10.9. The first-order valence-corrected chi connectivity index (χ1v) is 7.93. The fraction of sp³-hybridized carbons (Fsp3) is 0.222. The number of urea groups is 1. The Morgan fingerprint density at radius 3 is 2.26 bits per heavy atom. The van der Waals surface area contributed by atoms with Gasteiger partial charge in [-0.2, -0.15) is 0 Å². The molecule has 9 heteroatoms. The summed E-state index contributed by atoms with van der Waals surface area (Å²) in [5.74, 6) is -0.650. The van der Waals surface area contributed by atoms with E-state index in [0.29, 0.717) is 5.69 Å². The number of benzene rings is 2. The summed E-state index contributed by atoms with van der Waals surface area (Å²) in [5, 5.41) is 7.76. The summed E-state index contributed by atoms with van der Waals surface area (Å²) < 4.78 is 40.6. The molecule has 0 bridgehead atoms. The van der Waals surface area contributed by atoms with Crippen molar-refractivity contribution in [2.24, 2.45) is 0 Å². The Labute approximate surface area is 153 Å². The molecule has 0 spiro atoms. The Morgan fingerprint density at radius 2 is 1.63 bits per heavy atom. The van der Waals surface area contributed by atoms with Gasteiger partial charge in [0, 0.05) is 24.4 Å². The number of amides is 3. The molecule has 144 valence electrons. The van der Waals surface area contributed by atoms with Crippen LogP contribution in [0.15, 0.2) is 48.5 Å². The Balaban J connectivity index is 1.99. The number of hydrogen-bond acceptors (Lipinski definition) is 3. The molecule has 2 aromatic carbocycles. The fourth-order valence-electron chi connectivity index (χ4n) is 2.31. The largest absolute Gasteiger partial charge is 0.573 e. The molecule has 0 radical (unpaired) electrons. The SMILES string of the molecule is CC(=O)Nc1cccc(C(C)NC(=O)Nc2cccc(OC(F)(F)F)c2)c1. The Morgan fingerprint density at radius 1 is 1.00 bits per heavy atom. The lowest BCUT2D eigenvalue weighted by molar-refractivity contribution is -0.274. The van der Waals surface area contributed by atoms with Crippen molar-refractivity contribution in [3.8, 4) is 5.75 Å². The number of rotatable bonds is 5. The van der Waals surface area contributed by atoms with Crippen LogP contribution in [-0.2, 0) is 4.79 Å². The molecule has 0 aromatic heterocycles. The van der Waals surface area contributed by atoms with Gasteiger partial charge in [0.2, 0.25) is 5.91 Å². The van der Waals surface area contributed by atoms with Crippen molar-refractivity contribution >= 4 is 23.3 Å². The van der Waals surface area contributed by atoms with Gasteiger partial charge in [0.1, 0.15) is 5.75 Å². The second-order valence-corrected chi connectivity index (χ2v) is 5.70. The monoisotopic (exact) mass is 381 g/mol. The summed E-state index contributed by atoms with van der Waals surface area (Å²) in [6.45, 7) is 3.12. The van der Waals surface area contributed by atoms with Gasteiger partial charge in [-0.3, -0.25) is 4.79 Å². The van der Waals surface area contributed by atoms with Gasteiger partial charge in [-0.25, -0.2) is 4.79 Å². The highest BCUT2D eigenvalue weighted by Crippen LogP contribution is 2.25. The van der Waals surface area contributed by atoms with Crippen molar-refractivity contribution in [2.45, 2.75) is 26.3 Å². The van der Waals surface area contributed by atoms with Crippen LogP contribution in [0.2, 0.25) is 0 Å². The maximum absolute atomic E-state index is 12.3. The summed E-state index contributed by atoms with van der Waals surface area (Å²) in [5.41, 5.74) is 1.48. The number of carbonyl (C=O) groups is 2. The van der Waals surface area contributed by atoms with E-state index in [0.717, 1.165) is 17.7 Å². The van der Waals surface area contributed by atoms with Gasteiger partial charge >= 0.3 is 12.4 Å². The van der Waals surface area contributed by atoms with Gasteiger partial charge in [-0.05, 0) is 36.8 Å². The maximum Gasteiger partial charge on any atom is 0.573 e. The zero-order valence-electron chi connectivity index (χ0n) is 14.6. The highest BCUT2D eigenvalue weighted by molar-refractivity contribution is 5.90. The molecule has 3 N–H and O–H groups in total. The van der Waals surface area contributed by atoms with Crippen LogP contribution in [0.1, 0.15) is 25.5 Å². The van der Waals surface area contributed by atoms with Crippen molar-refractivity contribution in [3.05, 3.63) is 54.1 Å². The zero-order valence-corrected chi connectivity index (χ0v) is 14.6. The van der Waals surface area contributed by atoms with Crippen molar-refractivity contribution in [1.82, 2.24) is 5.32 Å². The van der Waals surface area contributed by atoms with Crippen LogP contribution in [0.5, 0.6) is 5.75 Å². The predicted molar refractivity (Wildman–Crippen MR) is 94.4 cm³/mol. The molecule has 0 aliphatic carbocycles. The summed E-state index contributed by atoms with van der Waals surface area (Å²) in [4.78, 5) is 23.2. The van der Waals surface area contributed by atoms with Gasteiger partial charge in [-0.1, -0.05) is 18.2 Å². The molecule has 1 atom stereocenters. The third kappa shape index (κ3) is 6.89. The summed E-state index contributed by atoms with van der Waals surface area (Å²) in [6.07, 6.45) is -4.81. The van der Waals surface area contributed by atoms with Crippen LogP contribution in [0, 0.1) is 0 Å². The topological polar surface area (TPSA) is 79.5 Å². The van der Waals surface area contributed by atoms with Crippen LogP contribution >= 0.6 is 0 Å². The van der Waals surface area contributed by atoms with E-state index in [1.807, 2.05) is 0 Å². The Bertz CT molecular complexity index is 825. The number of halogens is 3. The number of carbonyl (C=O) groups excluding carboxylic acids is 2. The number of hydrogen-bond donors (Lipinski definition) is 3. The van der Waals surface area contributed by atoms with Crippen LogP contribution in [-0.4, -0.2) is 18.3 Å². The quantitative estimate of drug-likeness (QED) is 0.717. The molecular formula is C18H18F3N3O3. The van der Waals surface area contributed by atoms with Crippen molar-refractivity contribution in [3.63, 3.8) is 0 Å². The summed E-state index contributed by atoms with van der Waals surface area (Å²) >= 11 is 0. The first-order chi connectivity index (χ1) is 12.6. The molecule has 2 aromatic rings. The van der Waals surface area contributed by atoms with E-state index in [4.69, 9.17) is 0 Å². The predicted octanol–water partition coefficient (Wildman–Crippen LogP) is 4.43. The van der Waals surface area contributed by atoms with E-state index in [9.17, 15) is 22.8 Å². The third-order valence-electron chi connectivity index (χ3n) is 3.38. The van der Waals surface area contributed by atoms with E-state index in [1.165, 1.54) is 19.1 Å². The van der Waals surface area contributed by atoms with Crippen molar-refractivity contribution < 1.29 is 27.5 Å². The average Bonchev–Trinajstić information content (AvgIpc) is 2.53. The van der Waals surface area contributed by atoms with E-state index in [2.05, 4.69) is 20.7 Å². The minimum Gasteiger partial charge on any atom is -0.406 e. The molecule has 1 unspecified atom stereocenters. The standard InChI is InChI=1S/C18H18F3N3O3/c1-11(13-5-3-6-14(9-13)23-12(2)25)22-17(26)24-15-7-4-8-16(10-15)27-18(19,20)21/h3-11H,1-2H3,(H,23,25)(H2,22,24,26). The molecule has 0 fully saturated rings. The van der Waals surface area contributed by atoms with E-state index < -0.39 is 24.2 Å². The van der Waals surface area contributed by atoms with Crippen LogP contribution in [0.4, 0.5) is 29.3 Å². The number of ether oxygens (including phenoxy) is 1. The molecule has 3 amide bonds. The van der Waals surface area contributed by atoms with E-state index in [1.54, 1.807) is 31.2 Å².